The van der Waals surface area contributed by atoms with Gasteiger partial charge >= 0.3 is 5.97 Å². The number of aliphatic carboxylic acids is 1. The SMILES string of the molecule is CC(C)[C@H](Oc1ccc(Cl)cc1-c1ccon1)C(=O)O. The predicted molar refractivity (Wildman–Crippen MR) is 73.8 cm³/mol. The summed E-state index contributed by atoms with van der Waals surface area (Å²) in [5.74, 6) is -0.779. The molecule has 0 aliphatic carbocycles. The predicted octanol–water partition coefficient (Wildman–Crippen LogP) is 3.48. The molecule has 2 rings (SSSR count). The van der Waals surface area contributed by atoms with Crippen molar-refractivity contribution >= 4 is 17.6 Å². The molecule has 1 aromatic carbocycles. The van der Waals surface area contributed by atoms with Gasteiger partial charge < -0.3 is 14.4 Å². The minimum absolute atomic E-state index is 0.173. The smallest absolute Gasteiger partial charge is 0.345 e. The van der Waals surface area contributed by atoms with E-state index in [4.69, 9.17) is 20.9 Å². The highest BCUT2D eigenvalue weighted by atomic mass is 35.5. The molecule has 1 N–H and O–H groups in total. The number of carbonyl (C=O) groups is 1. The van der Waals surface area contributed by atoms with E-state index in [2.05, 4.69) is 5.16 Å². The molecule has 2 aromatic rings. The van der Waals surface area contributed by atoms with Crippen molar-refractivity contribution in [3.05, 3.63) is 35.6 Å². The Morgan fingerprint density at radius 1 is 1.40 bits per heavy atom. The van der Waals surface area contributed by atoms with E-state index in [0.717, 1.165) is 0 Å². The Labute approximate surface area is 121 Å². The molecule has 0 fully saturated rings. The second-order valence-corrected chi connectivity index (χ2v) is 5.08. The summed E-state index contributed by atoms with van der Waals surface area (Å²) in [4.78, 5) is 11.2. The number of benzene rings is 1. The minimum Gasteiger partial charge on any atom is -0.478 e. The Kier molecular flexibility index (Phi) is 4.29. The van der Waals surface area contributed by atoms with E-state index in [0.29, 0.717) is 22.0 Å². The first-order valence-electron chi connectivity index (χ1n) is 6.09. The third-order valence-electron chi connectivity index (χ3n) is 2.76. The molecule has 0 bridgehead atoms. The first-order valence-corrected chi connectivity index (χ1v) is 6.46. The van der Waals surface area contributed by atoms with Crippen LogP contribution in [0.5, 0.6) is 5.75 Å². The number of nitrogens with zero attached hydrogens (tertiary/aromatic N) is 1. The number of hydrogen-bond acceptors (Lipinski definition) is 4. The maximum absolute atomic E-state index is 11.2. The van der Waals surface area contributed by atoms with Crippen molar-refractivity contribution in [3.8, 4) is 17.0 Å². The number of carboxylic acid groups (broad SMARTS) is 1. The summed E-state index contributed by atoms with van der Waals surface area (Å²) in [6.07, 6.45) is 0.485. The molecule has 20 heavy (non-hydrogen) atoms. The zero-order valence-corrected chi connectivity index (χ0v) is 11.8. The van der Waals surface area contributed by atoms with Crippen LogP contribution in [0.15, 0.2) is 35.1 Å². The molecule has 6 heteroatoms. The van der Waals surface area contributed by atoms with Crippen LogP contribution < -0.4 is 4.74 Å². The quantitative estimate of drug-likeness (QED) is 0.914. The Morgan fingerprint density at radius 3 is 2.70 bits per heavy atom. The van der Waals surface area contributed by atoms with Crippen molar-refractivity contribution in [2.75, 3.05) is 0 Å². The second kappa shape index (κ2) is 5.96. The highest BCUT2D eigenvalue weighted by molar-refractivity contribution is 6.30. The third kappa shape index (κ3) is 3.11. The Morgan fingerprint density at radius 2 is 2.15 bits per heavy atom. The summed E-state index contributed by atoms with van der Waals surface area (Å²) in [5.41, 5.74) is 1.13. The molecule has 0 radical (unpaired) electrons. The highest BCUT2D eigenvalue weighted by Gasteiger charge is 2.25. The minimum atomic E-state index is -1.01. The van der Waals surface area contributed by atoms with E-state index in [1.807, 2.05) is 0 Å². The molecule has 0 saturated heterocycles. The lowest BCUT2D eigenvalue weighted by atomic mass is 10.1. The first-order chi connectivity index (χ1) is 9.49. The standard InChI is InChI=1S/C14H14ClNO4/c1-8(2)13(14(17)18)20-12-4-3-9(15)7-10(12)11-5-6-19-16-11/h3-8,13H,1-2H3,(H,17,18)/t13-/m0/s1. The fourth-order valence-corrected chi connectivity index (χ4v) is 1.94. The second-order valence-electron chi connectivity index (χ2n) is 4.65. The molecule has 1 heterocycles. The molecule has 1 aromatic heterocycles. The molecule has 0 amide bonds. The topological polar surface area (TPSA) is 72.6 Å². The van der Waals surface area contributed by atoms with Gasteiger partial charge in [-0.3, -0.25) is 0 Å². The van der Waals surface area contributed by atoms with E-state index in [-0.39, 0.29) is 5.92 Å². The summed E-state index contributed by atoms with van der Waals surface area (Å²) in [5, 5.41) is 13.5. The van der Waals surface area contributed by atoms with Crippen LogP contribution in [0.25, 0.3) is 11.3 Å². The van der Waals surface area contributed by atoms with Crippen molar-refractivity contribution < 1.29 is 19.2 Å². The maximum atomic E-state index is 11.2. The normalized spacial score (nSPS) is 12.4. The number of rotatable bonds is 5. The zero-order valence-electron chi connectivity index (χ0n) is 11.0. The van der Waals surface area contributed by atoms with Gasteiger partial charge in [-0.2, -0.15) is 0 Å². The molecular weight excluding hydrogens is 282 g/mol. The van der Waals surface area contributed by atoms with Crippen LogP contribution in [0.3, 0.4) is 0 Å². The van der Waals surface area contributed by atoms with E-state index in [1.54, 1.807) is 38.1 Å². The number of carboxylic acids is 1. The van der Waals surface area contributed by atoms with Gasteiger partial charge in [-0.25, -0.2) is 4.79 Å². The summed E-state index contributed by atoms with van der Waals surface area (Å²) in [6, 6.07) is 6.59. The van der Waals surface area contributed by atoms with Gasteiger partial charge in [0.25, 0.3) is 0 Å². The van der Waals surface area contributed by atoms with Gasteiger partial charge in [0.2, 0.25) is 0 Å². The Bertz CT molecular complexity index is 595. The lowest BCUT2D eigenvalue weighted by Gasteiger charge is -2.20. The zero-order chi connectivity index (χ0) is 14.7. The number of ether oxygens (including phenoxy) is 1. The summed E-state index contributed by atoms with van der Waals surface area (Å²) < 4.78 is 10.4. The van der Waals surface area contributed by atoms with E-state index in [9.17, 15) is 9.90 Å². The fraction of sp³-hybridized carbons (Fsp3) is 0.286. The monoisotopic (exact) mass is 295 g/mol. The Balaban J connectivity index is 2.39. The van der Waals surface area contributed by atoms with Gasteiger partial charge in [-0.05, 0) is 18.2 Å². The van der Waals surface area contributed by atoms with E-state index < -0.39 is 12.1 Å². The number of hydrogen-bond donors (Lipinski definition) is 1. The molecule has 0 aliphatic heterocycles. The summed E-state index contributed by atoms with van der Waals surface area (Å²) in [7, 11) is 0. The van der Waals surface area contributed by atoms with Crippen molar-refractivity contribution in [3.63, 3.8) is 0 Å². The molecular formula is C14H14ClNO4. The average molecular weight is 296 g/mol. The van der Waals surface area contributed by atoms with Gasteiger partial charge in [-0.1, -0.05) is 30.6 Å². The summed E-state index contributed by atoms with van der Waals surface area (Å²) >= 11 is 5.97. The molecule has 0 saturated carbocycles. The molecule has 106 valence electrons. The van der Waals surface area contributed by atoms with Crippen LogP contribution >= 0.6 is 11.6 Å². The van der Waals surface area contributed by atoms with Crippen LogP contribution in [0.4, 0.5) is 0 Å². The van der Waals surface area contributed by atoms with Gasteiger partial charge in [0.1, 0.15) is 17.7 Å². The van der Waals surface area contributed by atoms with Crippen molar-refractivity contribution in [2.45, 2.75) is 20.0 Å². The third-order valence-corrected chi connectivity index (χ3v) is 2.99. The molecule has 0 spiro atoms. The van der Waals surface area contributed by atoms with Gasteiger partial charge in [-0.15, -0.1) is 0 Å². The molecule has 0 unspecified atom stereocenters. The average Bonchev–Trinajstić information content (AvgIpc) is 2.89. The lowest BCUT2D eigenvalue weighted by molar-refractivity contribution is -0.147. The van der Waals surface area contributed by atoms with Gasteiger partial charge in [0.15, 0.2) is 6.10 Å². The highest BCUT2D eigenvalue weighted by Crippen LogP contribution is 2.33. The van der Waals surface area contributed by atoms with Crippen molar-refractivity contribution in [2.24, 2.45) is 5.92 Å². The largest absolute Gasteiger partial charge is 0.478 e. The first kappa shape index (κ1) is 14.4. The van der Waals surface area contributed by atoms with Crippen molar-refractivity contribution in [1.29, 1.82) is 0 Å². The molecule has 0 aliphatic rings. The van der Waals surface area contributed by atoms with Gasteiger partial charge in [0.05, 0.1) is 0 Å². The van der Waals surface area contributed by atoms with Crippen LogP contribution in [0.1, 0.15) is 13.8 Å². The van der Waals surface area contributed by atoms with Crippen LogP contribution in [-0.4, -0.2) is 22.3 Å². The number of aromatic nitrogens is 1. The van der Waals surface area contributed by atoms with Gasteiger partial charge in [0, 0.05) is 22.6 Å². The Hall–Kier alpha value is -2.01. The van der Waals surface area contributed by atoms with Crippen molar-refractivity contribution in [1.82, 2.24) is 5.16 Å². The van der Waals surface area contributed by atoms with E-state index >= 15 is 0 Å². The van der Waals surface area contributed by atoms with Crippen LogP contribution in [0.2, 0.25) is 5.02 Å². The van der Waals surface area contributed by atoms with Crippen LogP contribution in [0, 0.1) is 5.92 Å². The fourth-order valence-electron chi connectivity index (χ4n) is 1.77. The number of halogens is 1. The van der Waals surface area contributed by atoms with Crippen LogP contribution in [-0.2, 0) is 4.79 Å². The summed E-state index contributed by atoms with van der Waals surface area (Å²) in [6.45, 7) is 3.56. The maximum Gasteiger partial charge on any atom is 0.345 e. The lowest BCUT2D eigenvalue weighted by Crippen LogP contribution is -2.32. The van der Waals surface area contributed by atoms with E-state index in [1.165, 1.54) is 6.26 Å². The molecule has 5 nitrogen and oxygen atoms in total. The molecule has 1 atom stereocenters.